The third-order valence-electron chi connectivity index (χ3n) is 6.12. The Balaban J connectivity index is 1.85. The zero-order chi connectivity index (χ0) is 21.0. The average molecular weight is 399 g/mol. The fourth-order valence-corrected chi connectivity index (χ4v) is 4.64. The van der Waals surface area contributed by atoms with Crippen molar-refractivity contribution in [1.29, 1.82) is 0 Å². The van der Waals surface area contributed by atoms with E-state index in [2.05, 4.69) is 57.2 Å². The van der Waals surface area contributed by atoms with Gasteiger partial charge in [-0.15, -0.1) is 0 Å². The lowest BCUT2D eigenvalue weighted by Gasteiger charge is -2.14. The average Bonchev–Trinajstić information content (AvgIpc) is 3.25. The minimum atomic E-state index is -0.0337. The fourth-order valence-electron chi connectivity index (χ4n) is 4.64. The molecule has 1 aliphatic carbocycles. The molecule has 0 radical (unpaired) electrons. The van der Waals surface area contributed by atoms with E-state index in [0.29, 0.717) is 0 Å². The Hall–Kier alpha value is -3.18. The topological polar surface area (TPSA) is 65.4 Å². The first-order valence-corrected chi connectivity index (χ1v) is 10.4. The van der Waals surface area contributed by atoms with Gasteiger partial charge in [0.05, 0.1) is 24.2 Å². The van der Waals surface area contributed by atoms with Gasteiger partial charge in [-0.25, -0.2) is 9.50 Å². The molecule has 2 aromatic heterocycles. The molecule has 0 spiro atoms. The zero-order valence-electron chi connectivity index (χ0n) is 17.9. The van der Waals surface area contributed by atoms with Crippen molar-refractivity contribution in [2.24, 2.45) is 5.73 Å². The summed E-state index contributed by atoms with van der Waals surface area (Å²) in [4.78, 5) is 5.07. The number of hydrogen-bond donors (Lipinski definition) is 1. The molecule has 1 aliphatic rings. The van der Waals surface area contributed by atoms with Crippen molar-refractivity contribution in [3.05, 3.63) is 70.5 Å². The minimum Gasteiger partial charge on any atom is -0.497 e. The number of fused-ring (bicyclic) bond motifs is 2. The molecule has 152 valence electrons. The number of methoxy groups -OCH3 is 1. The highest BCUT2D eigenvalue weighted by Gasteiger charge is 2.29. The highest BCUT2D eigenvalue weighted by molar-refractivity contribution is 5.84. The molecule has 0 fully saturated rings. The van der Waals surface area contributed by atoms with E-state index < -0.39 is 0 Å². The van der Waals surface area contributed by atoms with Gasteiger partial charge < -0.3 is 10.5 Å². The summed E-state index contributed by atoms with van der Waals surface area (Å²) in [5.74, 6) is 0.849. The van der Waals surface area contributed by atoms with Crippen LogP contribution in [-0.4, -0.2) is 21.7 Å². The molecular formula is C25H26N4O. The van der Waals surface area contributed by atoms with Crippen molar-refractivity contribution in [1.82, 2.24) is 14.6 Å². The lowest BCUT2D eigenvalue weighted by atomic mass is 9.99. The smallest absolute Gasteiger partial charge is 0.164 e. The zero-order valence-corrected chi connectivity index (χ0v) is 17.9. The van der Waals surface area contributed by atoms with Gasteiger partial charge in [-0.1, -0.05) is 29.8 Å². The third kappa shape index (κ3) is 2.81. The van der Waals surface area contributed by atoms with Crippen LogP contribution in [0.3, 0.4) is 0 Å². The quantitative estimate of drug-likeness (QED) is 0.531. The molecule has 5 heteroatoms. The van der Waals surface area contributed by atoms with Crippen LogP contribution in [0, 0.1) is 20.8 Å². The summed E-state index contributed by atoms with van der Waals surface area (Å²) in [6, 6.07) is 14.7. The van der Waals surface area contributed by atoms with E-state index in [9.17, 15) is 0 Å². The molecule has 4 aromatic rings. The van der Waals surface area contributed by atoms with Crippen molar-refractivity contribution in [3.8, 4) is 28.1 Å². The Bertz CT molecular complexity index is 1290. The normalized spacial score (nSPS) is 15.6. The van der Waals surface area contributed by atoms with Crippen LogP contribution in [0.2, 0.25) is 0 Å². The first-order chi connectivity index (χ1) is 14.5. The molecule has 2 N–H and O–H groups in total. The van der Waals surface area contributed by atoms with Gasteiger partial charge >= 0.3 is 0 Å². The SMILES string of the molecule is COc1ccc(-c2c(C)nn3c(-c4cccc(C)c4)c4c(nc23)C(N)CC4)c(C)c1. The van der Waals surface area contributed by atoms with E-state index in [1.807, 2.05) is 10.6 Å². The van der Waals surface area contributed by atoms with Gasteiger partial charge in [0.25, 0.3) is 0 Å². The molecule has 0 saturated carbocycles. The summed E-state index contributed by atoms with van der Waals surface area (Å²) in [5.41, 5.74) is 17.3. The Morgan fingerprint density at radius 2 is 1.93 bits per heavy atom. The van der Waals surface area contributed by atoms with E-state index >= 15 is 0 Å². The van der Waals surface area contributed by atoms with Crippen LogP contribution in [0.25, 0.3) is 28.0 Å². The van der Waals surface area contributed by atoms with Crippen LogP contribution in [0.4, 0.5) is 0 Å². The molecule has 0 aliphatic heterocycles. The van der Waals surface area contributed by atoms with Gasteiger partial charge in [-0.05, 0) is 62.9 Å². The maximum atomic E-state index is 6.47. The molecule has 5 nitrogen and oxygen atoms in total. The molecule has 30 heavy (non-hydrogen) atoms. The number of nitrogens with zero attached hydrogens (tertiary/aromatic N) is 3. The summed E-state index contributed by atoms with van der Waals surface area (Å²) in [7, 11) is 1.69. The molecule has 1 unspecified atom stereocenters. The van der Waals surface area contributed by atoms with E-state index in [-0.39, 0.29) is 6.04 Å². The third-order valence-corrected chi connectivity index (χ3v) is 6.12. The fraction of sp³-hybridized carbons (Fsp3) is 0.280. The molecule has 2 aromatic carbocycles. The number of hydrogen-bond acceptors (Lipinski definition) is 4. The van der Waals surface area contributed by atoms with Crippen molar-refractivity contribution in [2.45, 2.75) is 39.7 Å². The van der Waals surface area contributed by atoms with Crippen molar-refractivity contribution in [2.75, 3.05) is 7.11 Å². The predicted molar refractivity (Wildman–Crippen MR) is 120 cm³/mol. The van der Waals surface area contributed by atoms with Crippen LogP contribution in [0.1, 0.15) is 40.5 Å². The van der Waals surface area contributed by atoms with Crippen LogP contribution < -0.4 is 10.5 Å². The Kier molecular flexibility index (Phi) is 4.36. The molecule has 0 amide bonds. The lowest BCUT2D eigenvalue weighted by Crippen LogP contribution is -2.10. The predicted octanol–water partition coefficient (Wildman–Crippen LogP) is 4.94. The van der Waals surface area contributed by atoms with Gasteiger partial charge in [-0.2, -0.15) is 5.10 Å². The number of nitrogens with two attached hydrogens (primary N) is 1. The largest absolute Gasteiger partial charge is 0.497 e. The maximum absolute atomic E-state index is 6.47. The maximum Gasteiger partial charge on any atom is 0.164 e. The standard InChI is InChI=1S/C25H26N4O/c1-14-6-5-7-17(12-14)24-20-10-11-21(26)23(20)27-25-22(16(3)28-29(24)25)19-9-8-18(30-4)13-15(19)2/h5-9,12-13,21H,10-11,26H2,1-4H3. The monoisotopic (exact) mass is 398 g/mol. The van der Waals surface area contributed by atoms with E-state index in [1.165, 1.54) is 11.1 Å². The van der Waals surface area contributed by atoms with Crippen LogP contribution in [0.5, 0.6) is 5.75 Å². The van der Waals surface area contributed by atoms with Gasteiger partial charge in [0.2, 0.25) is 0 Å². The van der Waals surface area contributed by atoms with Crippen molar-refractivity contribution >= 4 is 5.65 Å². The molecule has 5 rings (SSSR count). The molecule has 0 bridgehead atoms. The Labute approximate surface area is 176 Å². The highest BCUT2D eigenvalue weighted by Crippen LogP contribution is 2.40. The van der Waals surface area contributed by atoms with Gasteiger partial charge in [-0.3, -0.25) is 0 Å². The number of rotatable bonds is 3. The van der Waals surface area contributed by atoms with Gasteiger partial charge in [0, 0.05) is 22.7 Å². The number of aryl methyl sites for hydroxylation is 3. The summed E-state index contributed by atoms with van der Waals surface area (Å²) in [5, 5.41) is 4.96. The summed E-state index contributed by atoms with van der Waals surface area (Å²) in [6.07, 6.45) is 1.85. The summed E-state index contributed by atoms with van der Waals surface area (Å²) < 4.78 is 7.42. The summed E-state index contributed by atoms with van der Waals surface area (Å²) in [6.45, 7) is 6.27. The van der Waals surface area contributed by atoms with Crippen LogP contribution in [-0.2, 0) is 6.42 Å². The van der Waals surface area contributed by atoms with Crippen LogP contribution in [0.15, 0.2) is 42.5 Å². The Morgan fingerprint density at radius 3 is 2.67 bits per heavy atom. The van der Waals surface area contributed by atoms with Crippen molar-refractivity contribution in [3.63, 3.8) is 0 Å². The second-order valence-electron chi connectivity index (χ2n) is 8.22. The minimum absolute atomic E-state index is 0.0337. The van der Waals surface area contributed by atoms with Crippen molar-refractivity contribution < 1.29 is 4.74 Å². The van der Waals surface area contributed by atoms with E-state index in [4.69, 9.17) is 20.6 Å². The summed E-state index contributed by atoms with van der Waals surface area (Å²) >= 11 is 0. The molecular weight excluding hydrogens is 372 g/mol. The van der Waals surface area contributed by atoms with E-state index in [0.717, 1.165) is 63.6 Å². The second-order valence-corrected chi connectivity index (χ2v) is 8.22. The number of ether oxygens (including phenoxy) is 1. The lowest BCUT2D eigenvalue weighted by molar-refractivity contribution is 0.414. The van der Waals surface area contributed by atoms with E-state index in [1.54, 1.807) is 7.11 Å². The highest BCUT2D eigenvalue weighted by atomic mass is 16.5. The van der Waals surface area contributed by atoms with Gasteiger partial charge in [0.1, 0.15) is 5.75 Å². The first-order valence-electron chi connectivity index (χ1n) is 10.4. The van der Waals surface area contributed by atoms with Crippen LogP contribution >= 0.6 is 0 Å². The second kappa shape index (κ2) is 6.96. The number of aromatic nitrogens is 3. The first kappa shape index (κ1) is 18.8. The Morgan fingerprint density at radius 1 is 1.10 bits per heavy atom. The molecule has 1 atom stereocenters. The molecule has 2 heterocycles. The van der Waals surface area contributed by atoms with Gasteiger partial charge in [0.15, 0.2) is 5.65 Å². The number of benzene rings is 2. The molecule has 0 saturated heterocycles.